The number of nitrogens with zero attached hydrogens (tertiary/aromatic N) is 2. The molecule has 1 aromatic carbocycles. The first kappa shape index (κ1) is 20.3. The summed E-state index contributed by atoms with van der Waals surface area (Å²) in [6.07, 6.45) is 1.24. The summed E-state index contributed by atoms with van der Waals surface area (Å²) in [5, 5.41) is 11.9. The summed E-state index contributed by atoms with van der Waals surface area (Å²) < 4.78 is 10.5. The summed E-state index contributed by atoms with van der Waals surface area (Å²) in [7, 11) is 2.94. The quantitative estimate of drug-likeness (QED) is 0.764. The lowest BCUT2D eigenvalue weighted by molar-refractivity contribution is -0.136. The first-order valence-electron chi connectivity index (χ1n) is 10.2. The number of rotatable bonds is 4. The van der Waals surface area contributed by atoms with E-state index in [1.807, 2.05) is 31.2 Å². The molecule has 0 radical (unpaired) electrons. The highest BCUT2D eigenvalue weighted by atomic mass is 16.5. The SMILES string of the molecule is CC[C@]1(c2cccc(OC)c2)C2=C(CC(C)(C)CC2=O)NC2N=NC(C(=O)OC)=C21. The molecule has 2 heterocycles. The third-order valence-corrected chi connectivity index (χ3v) is 6.35. The Morgan fingerprint density at radius 3 is 2.70 bits per heavy atom. The molecule has 0 saturated heterocycles. The molecule has 1 aliphatic carbocycles. The van der Waals surface area contributed by atoms with Crippen molar-refractivity contribution in [3.05, 3.63) is 52.4 Å². The smallest absolute Gasteiger partial charge is 0.358 e. The van der Waals surface area contributed by atoms with Crippen LogP contribution in [-0.2, 0) is 19.7 Å². The molecule has 0 fully saturated rings. The molecule has 0 bridgehead atoms. The van der Waals surface area contributed by atoms with E-state index in [4.69, 9.17) is 9.47 Å². The van der Waals surface area contributed by atoms with Gasteiger partial charge in [-0.05, 0) is 36.0 Å². The molecule has 7 nitrogen and oxygen atoms in total. The van der Waals surface area contributed by atoms with Gasteiger partial charge in [0, 0.05) is 23.3 Å². The number of methoxy groups -OCH3 is 2. The molecular weight excluding hydrogens is 382 g/mol. The normalized spacial score (nSPS) is 26.8. The van der Waals surface area contributed by atoms with Crippen LogP contribution < -0.4 is 10.1 Å². The van der Waals surface area contributed by atoms with Crippen LogP contribution in [0.4, 0.5) is 0 Å². The third-order valence-electron chi connectivity index (χ3n) is 6.35. The second-order valence-electron chi connectivity index (χ2n) is 8.80. The average molecular weight is 409 g/mol. The van der Waals surface area contributed by atoms with Gasteiger partial charge in [0.1, 0.15) is 5.75 Å². The number of ketones is 1. The topological polar surface area (TPSA) is 89.4 Å². The molecule has 158 valence electrons. The van der Waals surface area contributed by atoms with Crippen LogP contribution in [0.2, 0.25) is 0 Å². The molecule has 0 spiro atoms. The van der Waals surface area contributed by atoms with Crippen molar-refractivity contribution in [2.45, 2.75) is 51.6 Å². The lowest BCUT2D eigenvalue weighted by atomic mass is 9.58. The molecule has 2 atom stereocenters. The minimum Gasteiger partial charge on any atom is -0.497 e. The van der Waals surface area contributed by atoms with Crippen LogP contribution in [0.3, 0.4) is 0 Å². The van der Waals surface area contributed by atoms with Crippen molar-refractivity contribution in [1.82, 2.24) is 5.32 Å². The minimum atomic E-state index is -0.833. The molecule has 0 saturated carbocycles. The van der Waals surface area contributed by atoms with Crippen molar-refractivity contribution < 1.29 is 19.1 Å². The predicted octanol–water partition coefficient (Wildman–Crippen LogP) is 3.81. The maximum absolute atomic E-state index is 13.6. The molecule has 1 N–H and O–H groups in total. The fourth-order valence-corrected chi connectivity index (χ4v) is 5.14. The van der Waals surface area contributed by atoms with Gasteiger partial charge in [-0.25, -0.2) is 4.79 Å². The van der Waals surface area contributed by atoms with E-state index in [-0.39, 0.29) is 16.9 Å². The van der Waals surface area contributed by atoms with Crippen molar-refractivity contribution >= 4 is 11.8 Å². The number of benzene rings is 1. The Balaban J connectivity index is 2.07. The highest BCUT2D eigenvalue weighted by molar-refractivity contribution is 6.02. The van der Waals surface area contributed by atoms with Gasteiger partial charge in [0.25, 0.3) is 0 Å². The van der Waals surface area contributed by atoms with Crippen LogP contribution in [0.5, 0.6) is 5.75 Å². The van der Waals surface area contributed by atoms with Crippen LogP contribution in [0.15, 0.2) is 57.0 Å². The Bertz CT molecular complexity index is 1020. The summed E-state index contributed by atoms with van der Waals surface area (Å²) in [6, 6.07) is 7.68. The number of nitrogens with one attached hydrogen (secondary N) is 1. The Hall–Kier alpha value is -2.96. The van der Waals surface area contributed by atoms with Crippen LogP contribution >= 0.6 is 0 Å². The zero-order valence-corrected chi connectivity index (χ0v) is 18.0. The summed E-state index contributed by atoms with van der Waals surface area (Å²) in [6.45, 7) is 6.22. The second kappa shape index (κ2) is 7.07. The van der Waals surface area contributed by atoms with Gasteiger partial charge >= 0.3 is 5.97 Å². The molecule has 2 aliphatic heterocycles. The minimum absolute atomic E-state index is 0.0838. The van der Waals surface area contributed by atoms with Gasteiger partial charge in [-0.15, -0.1) is 5.11 Å². The number of carbonyl (C=O) groups excluding carboxylic acids is 2. The number of azo groups is 1. The number of carbonyl (C=O) groups is 2. The molecule has 1 aromatic rings. The fraction of sp³-hybridized carbons (Fsp3) is 0.478. The molecule has 0 aromatic heterocycles. The van der Waals surface area contributed by atoms with E-state index in [1.165, 1.54) is 7.11 Å². The highest BCUT2D eigenvalue weighted by Gasteiger charge is 2.55. The number of fused-ring (bicyclic) bond motifs is 1. The summed E-state index contributed by atoms with van der Waals surface area (Å²) in [5.74, 6) is 0.222. The number of ether oxygens (including phenoxy) is 2. The number of hydrogen-bond donors (Lipinski definition) is 1. The average Bonchev–Trinajstić information content (AvgIpc) is 3.14. The van der Waals surface area contributed by atoms with Crippen molar-refractivity contribution in [2.24, 2.45) is 15.6 Å². The lowest BCUT2D eigenvalue weighted by Gasteiger charge is -2.48. The third kappa shape index (κ3) is 2.87. The number of hydrogen-bond acceptors (Lipinski definition) is 7. The zero-order chi connectivity index (χ0) is 21.7. The second-order valence-corrected chi connectivity index (χ2v) is 8.80. The Labute approximate surface area is 176 Å². The fourth-order valence-electron chi connectivity index (χ4n) is 5.14. The molecule has 4 rings (SSSR count). The van der Waals surface area contributed by atoms with E-state index in [1.54, 1.807) is 7.11 Å². The first-order valence-corrected chi connectivity index (χ1v) is 10.2. The van der Waals surface area contributed by atoms with E-state index in [0.717, 1.165) is 17.7 Å². The van der Waals surface area contributed by atoms with E-state index >= 15 is 0 Å². The van der Waals surface area contributed by atoms with Crippen LogP contribution in [-0.4, -0.2) is 32.1 Å². The predicted molar refractivity (Wildman–Crippen MR) is 111 cm³/mol. The van der Waals surface area contributed by atoms with Crippen molar-refractivity contribution in [3.8, 4) is 5.75 Å². The largest absolute Gasteiger partial charge is 0.497 e. The number of Topliss-reactive ketones (excluding diaryl/α,β-unsaturated/α-hetero) is 1. The molecule has 30 heavy (non-hydrogen) atoms. The lowest BCUT2D eigenvalue weighted by Crippen LogP contribution is -2.51. The van der Waals surface area contributed by atoms with Gasteiger partial charge in [-0.3, -0.25) is 4.79 Å². The Morgan fingerprint density at radius 1 is 1.27 bits per heavy atom. The van der Waals surface area contributed by atoms with E-state index < -0.39 is 17.6 Å². The van der Waals surface area contributed by atoms with Gasteiger partial charge in [-0.2, -0.15) is 5.11 Å². The monoisotopic (exact) mass is 409 g/mol. The standard InChI is InChI=1S/C23H27N3O4/c1-6-23(13-8-7-9-14(10-13)29-4)17-15(11-22(2,3)12-16(17)27)24-20-18(23)19(25-26-20)21(28)30-5/h7-10,20,24H,6,11-12H2,1-5H3/t20?,23-/m0/s1. The molecular formula is C23H27N3O4. The molecule has 1 unspecified atom stereocenters. The molecule has 7 heteroatoms. The highest BCUT2D eigenvalue weighted by Crippen LogP contribution is 2.55. The maximum atomic E-state index is 13.6. The van der Waals surface area contributed by atoms with Gasteiger partial charge in [0.2, 0.25) is 0 Å². The van der Waals surface area contributed by atoms with Crippen LogP contribution in [0.1, 0.15) is 45.6 Å². The van der Waals surface area contributed by atoms with E-state index in [9.17, 15) is 9.59 Å². The first-order chi connectivity index (χ1) is 14.3. The van der Waals surface area contributed by atoms with E-state index in [2.05, 4.69) is 29.4 Å². The summed E-state index contributed by atoms with van der Waals surface area (Å²) in [5.41, 5.74) is 2.34. The van der Waals surface area contributed by atoms with E-state index in [0.29, 0.717) is 29.7 Å². The van der Waals surface area contributed by atoms with Gasteiger partial charge < -0.3 is 14.8 Å². The maximum Gasteiger partial charge on any atom is 0.358 e. The summed E-state index contributed by atoms with van der Waals surface area (Å²) >= 11 is 0. The number of esters is 1. The molecule has 0 amide bonds. The van der Waals surface area contributed by atoms with Crippen LogP contribution in [0, 0.1) is 5.41 Å². The van der Waals surface area contributed by atoms with Gasteiger partial charge in [0.15, 0.2) is 17.6 Å². The van der Waals surface area contributed by atoms with Crippen LogP contribution in [0.25, 0.3) is 0 Å². The van der Waals surface area contributed by atoms with Crippen molar-refractivity contribution in [1.29, 1.82) is 0 Å². The van der Waals surface area contributed by atoms with Crippen molar-refractivity contribution in [3.63, 3.8) is 0 Å². The van der Waals surface area contributed by atoms with Gasteiger partial charge in [-0.1, -0.05) is 32.9 Å². The van der Waals surface area contributed by atoms with Crippen molar-refractivity contribution in [2.75, 3.05) is 14.2 Å². The number of allylic oxidation sites excluding steroid dienone is 2. The zero-order valence-electron chi connectivity index (χ0n) is 18.0. The molecule has 3 aliphatic rings. The summed E-state index contributed by atoms with van der Waals surface area (Å²) in [4.78, 5) is 26.1. The van der Waals surface area contributed by atoms with Gasteiger partial charge in [0.05, 0.1) is 19.6 Å². The Morgan fingerprint density at radius 2 is 2.03 bits per heavy atom. The Kier molecular flexibility index (Phi) is 4.79.